The number of aliphatic hydroxyl groups excluding tert-OH is 1. The van der Waals surface area contributed by atoms with E-state index in [9.17, 15) is 14.7 Å². The number of ketones is 1. The number of carbonyl (C=O) groups is 2. The molecule has 3 aromatic rings. The molecule has 1 unspecified atom stereocenters. The molecule has 0 aliphatic carbocycles. The molecule has 1 atom stereocenters. The number of hydrogen-bond donors (Lipinski definition) is 1. The normalized spacial score (nSPS) is 17.1. The first kappa shape index (κ1) is 25.0. The maximum absolute atomic E-state index is 13.4. The molecule has 0 saturated carbocycles. The first-order valence-electron chi connectivity index (χ1n) is 12.1. The van der Waals surface area contributed by atoms with Crippen LogP contribution in [0.3, 0.4) is 0 Å². The summed E-state index contributed by atoms with van der Waals surface area (Å²) < 4.78 is 5.76. The minimum Gasteiger partial charge on any atom is -0.507 e. The van der Waals surface area contributed by atoms with E-state index in [0.29, 0.717) is 17.9 Å². The molecule has 186 valence electrons. The fourth-order valence-corrected chi connectivity index (χ4v) is 4.55. The van der Waals surface area contributed by atoms with Crippen molar-refractivity contribution < 1.29 is 19.4 Å². The molecule has 0 bridgehead atoms. The van der Waals surface area contributed by atoms with Crippen LogP contribution in [-0.2, 0) is 9.59 Å². The molecule has 6 nitrogen and oxygen atoms in total. The summed E-state index contributed by atoms with van der Waals surface area (Å²) in [7, 11) is 3.90. The van der Waals surface area contributed by atoms with Crippen molar-refractivity contribution in [2.45, 2.75) is 32.7 Å². The lowest BCUT2D eigenvalue weighted by Gasteiger charge is -2.26. The van der Waals surface area contributed by atoms with Crippen LogP contribution in [0, 0.1) is 0 Å². The van der Waals surface area contributed by atoms with Gasteiger partial charge in [0.1, 0.15) is 11.5 Å². The zero-order valence-electron chi connectivity index (χ0n) is 21.4. The molecule has 0 aromatic heterocycles. The van der Waals surface area contributed by atoms with Gasteiger partial charge in [-0.2, -0.15) is 0 Å². The molecule has 1 aliphatic heterocycles. The van der Waals surface area contributed by atoms with Gasteiger partial charge in [0.15, 0.2) is 0 Å². The quantitative estimate of drug-likeness (QED) is 0.257. The van der Waals surface area contributed by atoms with Crippen molar-refractivity contribution in [1.29, 1.82) is 0 Å². The number of aliphatic hydroxyl groups is 1. The van der Waals surface area contributed by atoms with Crippen LogP contribution in [0.15, 0.2) is 78.4 Å². The Kier molecular flexibility index (Phi) is 7.15. The summed E-state index contributed by atoms with van der Waals surface area (Å²) in [5, 5.41) is 11.5. The number of hydrogen-bond acceptors (Lipinski definition) is 5. The summed E-state index contributed by atoms with van der Waals surface area (Å²) >= 11 is 0. The predicted octanol–water partition coefficient (Wildman–Crippen LogP) is 5.90. The summed E-state index contributed by atoms with van der Waals surface area (Å²) in [4.78, 5) is 30.2. The highest BCUT2D eigenvalue weighted by molar-refractivity contribution is 6.51. The molecule has 1 amide bonds. The van der Waals surface area contributed by atoms with E-state index in [1.807, 2.05) is 94.4 Å². The monoisotopic (exact) mass is 484 g/mol. The Morgan fingerprint density at radius 1 is 1.00 bits per heavy atom. The minimum absolute atomic E-state index is 0.0697. The Morgan fingerprint density at radius 2 is 1.67 bits per heavy atom. The molecule has 3 aromatic carbocycles. The third-order valence-electron chi connectivity index (χ3n) is 6.41. The molecular formula is C30H32N2O4. The largest absolute Gasteiger partial charge is 0.507 e. The van der Waals surface area contributed by atoms with Crippen LogP contribution in [0.2, 0.25) is 0 Å². The zero-order chi connectivity index (χ0) is 26.0. The molecule has 36 heavy (non-hydrogen) atoms. The number of Topliss-reactive ketones (excluding diaryl/α,β-unsaturated/α-hetero) is 1. The molecule has 0 spiro atoms. The Labute approximate surface area is 212 Å². The Bertz CT molecular complexity index is 1290. The van der Waals surface area contributed by atoms with Gasteiger partial charge in [-0.1, -0.05) is 44.2 Å². The number of benzene rings is 3. The van der Waals surface area contributed by atoms with Gasteiger partial charge in [0.25, 0.3) is 11.7 Å². The Balaban J connectivity index is 1.91. The van der Waals surface area contributed by atoms with Crippen LogP contribution >= 0.6 is 0 Å². The Morgan fingerprint density at radius 3 is 2.25 bits per heavy atom. The van der Waals surface area contributed by atoms with E-state index in [1.54, 1.807) is 18.2 Å². The first-order valence-corrected chi connectivity index (χ1v) is 12.1. The first-order chi connectivity index (χ1) is 17.2. The van der Waals surface area contributed by atoms with E-state index in [-0.39, 0.29) is 17.3 Å². The number of ether oxygens (including phenoxy) is 1. The predicted molar refractivity (Wildman–Crippen MR) is 144 cm³/mol. The van der Waals surface area contributed by atoms with Crippen molar-refractivity contribution in [2.75, 3.05) is 30.5 Å². The van der Waals surface area contributed by atoms with Gasteiger partial charge in [-0.25, -0.2) is 0 Å². The highest BCUT2D eigenvalue weighted by Gasteiger charge is 2.47. The molecule has 1 N–H and O–H groups in total. The lowest BCUT2D eigenvalue weighted by atomic mass is 9.93. The molecule has 4 rings (SSSR count). The topological polar surface area (TPSA) is 70.1 Å². The standard InChI is InChI=1S/C30H32N2O4/c1-6-36-25-17-14-21(18-24(25)19(2)3)28(33)26-27(20-12-15-22(16-13-20)31(4)5)32(30(35)29(26)34)23-10-8-7-9-11-23/h7-19,27,33H,6H2,1-5H3/b28-26-. The number of nitrogens with zero attached hydrogens (tertiary/aromatic N) is 2. The smallest absolute Gasteiger partial charge is 0.300 e. The van der Waals surface area contributed by atoms with Crippen LogP contribution in [0.4, 0.5) is 11.4 Å². The lowest BCUT2D eigenvalue weighted by molar-refractivity contribution is -0.132. The van der Waals surface area contributed by atoms with Gasteiger partial charge in [-0.15, -0.1) is 0 Å². The van der Waals surface area contributed by atoms with Crippen molar-refractivity contribution in [3.63, 3.8) is 0 Å². The fourth-order valence-electron chi connectivity index (χ4n) is 4.55. The molecule has 0 radical (unpaired) electrons. The van der Waals surface area contributed by atoms with E-state index >= 15 is 0 Å². The minimum atomic E-state index is -0.766. The maximum Gasteiger partial charge on any atom is 0.300 e. The van der Waals surface area contributed by atoms with Gasteiger partial charge in [0, 0.05) is 31.0 Å². The van der Waals surface area contributed by atoms with Crippen molar-refractivity contribution >= 4 is 28.8 Å². The molecule has 1 heterocycles. The van der Waals surface area contributed by atoms with E-state index in [0.717, 1.165) is 22.6 Å². The summed E-state index contributed by atoms with van der Waals surface area (Å²) in [6, 6.07) is 21.4. The van der Waals surface area contributed by atoms with Crippen molar-refractivity contribution in [3.05, 3.63) is 95.1 Å². The molecule has 1 aliphatic rings. The molecule has 1 fully saturated rings. The van der Waals surface area contributed by atoms with Gasteiger partial charge in [0.2, 0.25) is 0 Å². The van der Waals surface area contributed by atoms with Crippen molar-refractivity contribution in [2.24, 2.45) is 0 Å². The molecule has 1 saturated heterocycles. The third-order valence-corrected chi connectivity index (χ3v) is 6.41. The van der Waals surface area contributed by atoms with Crippen LogP contribution in [-0.4, -0.2) is 37.5 Å². The van der Waals surface area contributed by atoms with Gasteiger partial charge >= 0.3 is 0 Å². The van der Waals surface area contributed by atoms with E-state index in [4.69, 9.17) is 4.74 Å². The van der Waals surface area contributed by atoms with Gasteiger partial charge in [0.05, 0.1) is 18.2 Å². The van der Waals surface area contributed by atoms with Gasteiger partial charge in [-0.3, -0.25) is 14.5 Å². The summed E-state index contributed by atoms with van der Waals surface area (Å²) in [5.41, 5.74) is 3.78. The Hall–Kier alpha value is -4.06. The summed E-state index contributed by atoms with van der Waals surface area (Å²) in [6.07, 6.45) is 0. The van der Waals surface area contributed by atoms with E-state index in [1.165, 1.54) is 4.90 Å². The van der Waals surface area contributed by atoms with Crippen molar-refractivity contribution in [1.82, 2.24) is 0 Å². The third kappa shape index (κ3) is 4.59. The van der Waals surface area contributed by atoms with Crippen LogP contribution in [0.5, 0.6) is 5.75 Å². The van der Waals surface area contributed by atoms with E-state index in [2.05, 4.69) is 0 Å². The van der Waals surface area contributed by atoms with Gasteiger partial charge < -0.3 is 14.7 Å². The number of para-hydroxylation sites is 1. The number of amides is 1. The SMILES string of the molecule is CCOc1ccc(/C(O)=C2/C(=O)C(=O)N(c3ccccc3)C2c2ccc(N(C)C)cc2)cc1C(C)C. The second kappa shape index (κ2) is 10.3. The lowest BCUT2D eigenvalue weighted by Crippen LogP contribution is -2.29. The van der Waals surface area contributed by atoms with Crippen LogP contribution in [0.1, 0.15) is 49.4 Å². The zero-order valence-corrected chi connectivity index (χ0v) is 21.4. The highest BCUT2D eigenvalue weighted by atomic mass is 16.5. The maximum atomic E-state index is 13.4. The van der Waals surface area contributed by atoms with Crippen LogP contribution < -0.4 is 14.5 Å². The number of carbonyl (C=O) groups excluding carboxylic acids is 2. The van der Waals surface area contributed by atoms with E-state index < -0.39 is 17.7 Å². The summed E-state index contributed by atoms with van der Waals surface area (Å²) in [5.74, 6) is -0.694. The molecule has 6 heteroatoms. The second-order valence-electron chi connectivity index (χ2n) is 9.33. The average Bonchev–Trinajstić information content (AvgIpc) is 3.14. The molecular weight excluding hydrogens is 452 g/mol. The highest BCUT2D eigenvalue weighted by Crippen LogP contribution is 2.43. The fraction of sp³-hybridized carbons (Fsp3) is 0.267. The summed E-state index contributed by atoms with van der Waals surface area (Å²) in [6.45, 7) is 6.53. The average molecular weight is 485 g/mol. The van der Waals surface area contributed by atoms with Crippen molar-refractivity contribution in [3.8, 4) is 5.75 Å². The van der Waals surface area contributed by atoms with Crippen LogP contribution in [0.25, 0.3) is 5.76 Å². The second-order valence-corrected chi connectivity index (χ2v) is 9.33. The number of anilines is 2. The van der Waals surface area contributed by atoms with Gasteiger partial charge in [-0.05, 0) is 66.4 Å². The number of rotatable bonds is 7.